The van der Waals surface area contributed by atoms with Gasteiger partial charge in [-0.25, -0.2) is 14.8 Å². The van der Waals surface area contributed by atoms with Crippen LogP contribution in [0.25, 0.3) is 17.2 Å². The number of carboxylic acids is 1. The molecule has 1 aliphatic carbocycles. The molecule has 3 N–H and O–H groups in total. The van der Waals surface area contributed by atoms with E-state index in [1.54, 1.807) is 30.9 Å². The van der Waals surface area contributed by atoms with E-state index in [1.165, 1.54) is 0 Å². The van der Waals surface area contributed by atoms with Crippen molar-refractivity contribution in [1.29, 1.82) is 0 Å². The molecule has 10 nitrogen and oxygen atoms in total. The average molecular weight is 502 g/mol. The minimum atomic E-state index is -1.02. The third kappa shape index (κ3) is 5.32. The van der Waals surface area contributed by atoms with Crippen molar-refractivity contribution >= 4 is 11.8 Å². The van der Waals surface area contributed by atoms with E-state index >= 15 is 0 Å². The number of pyridine rings is 1. The number of aromatic carboxylic acids is 1. The van der Waals surface area contributed by atoms with E-state index in [4.69, 9.17) is 10.5 Å². The molecule has 0 aliphatic heterocycles. The number of imidazole rings is 1. The van der Waals surface area contributed by atoms with E-state index in [0.29, 0.717) is 35.6 Å². The Morgan fingerprint density at radius 3 is 2.78 bits per heavy atom. The minimum absolute atomic E-state index is 0.0665. The van der Waals surface area contributed by atoms with Gasteiger partial charge < -0.3 is 24.7 Å². The van der Waals surface area contributed by atoms with Gasteiger partial charge in [0.15, 0.2) is 5.82 Å². The first-order valence-electron chi connectivity index (χ1n) is 12.5. The Morgan fingerprint density at radius 2 is 2.05 bits per heavy atom. The maximum Gasteiger partial charge on any atom is 0.339 e. The summed E-state index contributed by atoms with van der Waals surface area (Å²) in [5, 5.41) is 18.2. The number of nitrogens with two attached hydrogens (primary N) is 1. The van der Waals surface area contributed by atoms with E-state index in [9.17, 15) is 9.90 Å². The normalized spacial score (nSPS) is 14.9. The van der Waals surface area contributed by atoms with Crippen molar-refractivity contribution in [3.8, 4) is 23.0 Å². The molecule has 192 valence electrons. The number of rotatable bonds is 10. The Hall–Kier alpha value is -4.21. The Labute approximate surface area is 215 Å². The number of hydrogen-bond donors (Lipinski definition) is 2. The molecule has 2 atom stereocenters. The van der Waals surface area contributed by atoms with Crippen molar-refractivity contribution in [2.45, 2.75) is 52.0 Å². The number of nitrogen functional groups attached to an aromatic ring is 1. The monoisotopic (exact) mass is 501 g/mol. The molecule has 0 saturated heterocycles. The van der Waals surface area contributed by atoms with Gasteiger partial charge in [0.2, 0.25) is 0 Å². The molecule has 37 heavy (non-hydrogen) atoms. The third-order valence-corrected chi connectivity index (χ3v) is 6.72. The lowest BCUT2D eigenvalue weighted by Crippen LogP contribution is -2.16. The average Bonchev–Trinajstić information content (AvgIpc) is 3.38. The number of anilines is 1. The molecule has 0 spiro atoms. The highest BCUT2D eigenvalue weighted by molar-refractivity contribution is 5.92. The summed E-state index contributed by atoms with van der Waals surface area (Å²) >= 11 is 0. The molecule has 0 amide bonds. The van der Waals surface area contributed by atoms with Crippen LogP contribution in [-0.2, 0) is 0 Å². The molecule has 5 rings (SSSR count). The van der Waals surface area contributed by atoms with Gasteiger partial charge >= 0.3 is 5.97 Å². The van der Waals surface area contributed by atoms with Crippen molar-refractivity contribution in [2.75, 3.05) is 12.3 Å². The van der Waals surface area contributed by atoms with Crippen molar-refractivity contribution in [2.24, 2.45) is 5.92 Å². The summed E-state index contributed by atoms with van der Waals surface area (Å²) < 4.78 is 9.93. The van der Waals surface area contributed by atoms with E-state index in [0.717, 1.165) is 36.2 Å². The zero-order valence-corrected chi connectivity index (χ0v) is 21.2. The van der Waals surface area contributed by atoms with Crippen LogP contribution in [0, 0.1) is 12.8 Å². The zero-order valence-electron chi connectivity index (χ0n) is 21.2. The summed E-state index contributed by atoms with van der Waals surface area (Å²) in [6.07, 6.45) is 8.53. The van der Waals surface area contributed by atoms with Crippen LogP contribution in [0.4, 0.5) is 5.82 Å². The Morgan fingerprint density at radius 1 is 1.24 bits per heavy atom. The Balaban J connectivity index is 1.28. The van der Waals surface area contributed by atoms with E-state index < -0.39 is 5.97 Å². The lowest BCUT2D eigenvalue weighted by Gasteiger charge is -2.21. The smallest absolute Gasteiger partial charge is 0.339 e. The number of aryl methyl sites for hydroxylation is 1. The summed E-state index contributed by atoms with van der Waals surface area (Å²) in [5.41, 5.74) is 9.41. The Kier molecular flexibility index (Phi) is 6.64. The van der Waals surface area contributed by atoms with Crippen LogP contribution in [0.15, 0.2) is 49.2 Å². The van der Waals surface area contributed by atoms with Crippen LogP contribution < -0.4 is 10.5 Å². The molecule has 4 aromatic rings. The van der Waals surface area contributed by atoms with E-state index in [1.807, 2.05) is 34.4 Å². The second-order valence-corrected chi connectivity index (χ2v) is 9.93. The Bertz CT molecular complexity index is 1420. The summed E-state index contributed by atoms with van der Waals surface area (Å²) in [5.74, 6) is 1.08. The van der Waals surface area contributed by atoms with Gasteiger partial charge in [-0.1, -0.05) is 13.0 Å². The van der Waals surface area contributed by atoms with Crippen molar-refractivity contribution in [1.82, 2.24) is 29.3 Å². The second-order valence-electron chi connectivity index (χ2n) is 9.93. The summed E-state index contributed by atoms with van der Waals surface area (Å²) in [6, 6.07) is 8.95. The highest BCUT2D eigenvalue weighted by atomic mass is 16.5. The number of ether oxygens (including phenoxy) is 1. The molecular weight excluding hydrogens is 470 g/mol. The summed E-state index contributed by atoms with van der Waals surface area (Å²) in [6.45, 7) is 6.48. The quantitative estimate of drug-likeness (QED) is 0.320. The van der Waals surface area contributed by atoms with Gasteiger partial charge in [-0.2, -0.15) is 0 Å². The molecule has 3 heterocycles. The molecule has 1 fully saturated rings. The van der Waals surface area contributed by atoms with Crippen molar-refractivity contribution in [3.05, 3.63) is 66.0 Å². The number of benzene rings is 1. The number of nitrogens with zero attached hydrogens (tertiary/aromatic N) is 6. The first-order chi connectivity index (χ1) is 17.8. The van der Waals surface area contributed by atoms with Gasteiger partial charge in [-0.05, 0) is 68.9 Å². The lowest BCUT2D eigenvalue weighted by atomic mass is 10.0. The number of carboxylic acid groups (broad SMARTS) is 1. The molecule has 3 aromatic heterocycles. The van der Waals surface area contributed by atoms with Crippen molar-refractivity contribution < 1.29 is 14.6 Å². The van der Waals surface area contributed by atoms with Crippen LogP contribution in [-0.4, -0.2) is 47.0 Å². The van der Waals surface area contributed by atoms with Gasteiger partial charge in [0, 0.05) is 18.2 Å². The van der Waals surface area contributed by atoms with Gasteiger partial charge in [0.05, 0.1) is 24.3 Å². The van der Waals surface area contributed by atoms with Gasteiger partial charge in [-0.3, -0.25) is 0 Å². The third-order valence-electron chi connectivity index (χ3n) is 6.72. The van der Waals surface area contributed by atoms with Crippen LogP contribution in [0.5, 0.6) is 5.75 Å². The first kappa shape index (κ1) is 24.5. The van der Waals surface area contributed by atoms with Crippen molar-refractivity contribution in [3.63, 3.8) is 0 Å². The molecule has 0 bridgehead atoms. The topological polar surface area (TPSA) is 134 Å². The van der Waals surface area contributed by atoms with Gasteiger partial charge in [0.1, 0.15) is 29.2 Å². The maximum absolute atomic E-state index is 12.1. The standard InChI is InChI=1S/C27H31N7O3/c1-16(9-18(3)34-15-30-32-26(34)21-5-4-6-25(28)31-21)13-37-24-10-17(2)23(11-20(24)27(35)36)33-12-22(29-14-33)19-7-8-19/h4-6,10-12,14-16,18-19H,7-9,13H2,1-3H3,(H2,28,31)(H,35,36)/t16-,18+/m1/s1. The fourth-order valence-corrected chi connectivity index (χ4v) is 4.61. The minimum Gasteiger partial charge on any atom is -0.492 e. The number of carbonyl (C=O) groups is 1. The maximum atomic E-state index is 12.1. The van der Waals surface area contributed by atoms with Gasteiger partial charge in [0.25, 0.3) is 0 Å². The highest BCUT2D eigenvalue weighted by Gasteiger charge is 2.26. The fraction of sp³-hybridized carbons (Fsp3) is 0.370. The molecule has 1 aliphatic rings. The van der Waals surface area contributed by atoms with Crippen LogP contribution >= 0.6 is 0 Å². The molecule has 0 unspecified atom stereocenters. The molecule has 1 aromatic carbocycles. The second kappa shape index (κ2) is 10.0. The van der Waals surface area contributed by atoms with Crippen LogP contribution in [0.3, 0.4) is 0 Å². The van der Waals surface area contributed by atoms with Crippen LogP contribution in [0.2, 0.25) is 0 Å². The predicted octanol–water partition coefficient (Wildman–Crippen LogP) is 4.66. The van der Waals surface area contributed by atoms with Gasteiger partial charge in [-0.15, -0.1) is 10.2 Å². The lowest BCUT2D eigenvalue weighted by molar-refractivity contribution is 0.0691. The predicted molar refractivity (Wildman–Crippen MR) is 139 cm³/mol. The summed E-state index contributed by atoms with van der Waals surface area (Å²) in [4.78, 5) is 20.9. The largest absolute Gasteiger partial charge is 0.492 e. The molecular formula is C27H31N7O3. The summed E-state index contributed by atoms with van der Waals surface area (Å²) in [7, 11) is 0. The number of hydrogen-bond acceptors (Lipinski definition) is 7. The highest BCUT2D eigenvalue weighted by Crippen LogP contribution is 2.39. The van der Waals surface area contributed by atoms with Crippen LogP contribution in [0.1, 0.15) is 66.7 Å². The fourth-order valence-electron chi connectivity index (χ4n) is 4.61. The molecule has 1 saturated carbocycles. The van der Waals surface area contributed by atoms with E-state index in [-0.39, 0.29) is 17.5 Å². The first-order valence-corrected chi connectivity index (χ1v) is 12.5. The number of aromatic nitrogens is 6. The molecule has 10 heteroatoms. The SMILES string of the molecule is Cc1cc(OC[C@H](C)C[C@H](C)n2cnnc2-c2cccc(N)n2)c(C(=O)O)cc1-n1cnc(C2CC2)c1. The van der Waals surface area contributed by atoms with E-state index in [2.05, 4.69) is 34.0 Å². The molecule has 0 radical (unpaired) electrons. The zero-order chi connectivity index (χ0) is 26.1.